The second kappa shape index (κ2) is 3.36. The summed E-state index contributed by atoms with van der Waals surface area (Å²) >= 11 is 0. The molecule has 11 heavy (non-hydrogen) atoms. The van der Waals surface area contributed by atoms with Crippen LogP contribution in [-0.2, 0) is 4.79 Å². The molecule has 0 spiro atoms. The van der Waals surface area contributed by atoms with Gasteiger partial charge in [-0.3, -0.25) is 0 Å². The molecule has 0 aliphatic heterocycles. The van der Waals surface area contributed by atoms with Crippen LogP contribution < -0.4 is 5.46 Å². The zero-order valence-electron chi connectivity index (χ0n) is 5.58. The van der Waals surface area contributed by atoms with Crippen LogP contribution >= 0.6 is 0 Å². The smallest absolute Gasteiger partial charge is 0.423 e. The van der Waals surface area contributed by atoms with Gasteiger partial charge in [-0.1, -0.05) is 0 Å². The number of carbonyl (C=O) groups is 1. The third kappa shape index (κ3) is 1.92. The van der Waals surface area contributed by atoms with Crippen molar-refractivity contribution in [2.75, 3.05) is 0 Å². The monoisotopic (exact) mass is 151 g/mol. The van der Waals surface area contributed by atoms with Gasteiger partial charge in [0.1, 0.15) is 6.19 Å². The van der Waals surface area contributed by atoms with E-state index >= 15 is 0 Å². The van der Waals surface area contributed by atoms with Crippen molar-refractivity contribution in [3.63, 3.8) is 0 Å². The van der Waals surface area contributed by atoms with Crippen molar-refractivity contribution >= 4 is 26.2 Å². The fourth-order valence-electron chi connectivity index (χ4n) is 0.630. The minimum Gasteiger partial charge on any atom is -0.423 e. The van der Waals surface area contributed by atoms with E-state index in [4.69, 9.17) is 10.0 Å². The molecule has 2 N–H and O–H groups in total. The van der Waals surface area contributed by atoms with Crippen molar-refractivity contribution in [1.82, 2.24) is 9.69 Å². The number of carbonyl (C=O) groups excluding carboxylic acids is 1. The topological polar surface area (TPSA) is 75.4 Å². The highest BCUT2D eigenvalue weighted by Crippen LogP contribution is 1.78. The number of hydrogen-bond donors (Lipinski definition) is 2. The van der Waals surface area contributed by atoms with Gasteiger partial charge in [0.05, 0.1) is 0 Å². The van der Waals surface area contributed by atoms with E-state index in [9.17, 15) is 4.79 Å². The first kappa shape index (κ1) is 8.03. The maximum atomic E-state index is 9.91. The molecule has 0 saturated heterocycles. The van der Waals surface area contributed by atoms with E-state index in [0.29, 0.717) is 6.19 Å². The molecule has 1 heterocycles. The van der Waals surface area contributed by atoms with Gasteiger partial charge in [0.2, 0.25) is 0 Å². The maximum Gasteiger partial charge on any atom is 0.491 e. The van der Waals surface area contributed by atoms with Crippen LogP contribution in [0, 0.1) is 0 Å². The van der Waals surface area contributed by atoms with E-state index in [2.05, 4.69) is 5.10 Å². The Labute approximate surface area is 64.1 Å². The molecule has 55 valence electrons. The quantitative estimate of drug-likeness (QED) is 0.361. The van der Waals surface area contributed by atoms with E-state index in [-0.39, 0.29) is 5.46 Å². The lowest BCUT2D eigenvalue weighted by Crippen LogP contribution is -2.28. The van der Waals surface area contributed by atoms with Crippen molar-refractivity contribution in [2.45, 2.75) is 0 Å². The molecule has 1 radical (unpaired) electrons. The highest BCUT2D eigenvalue weighted by atomic mass is 16.4. The Bertz CT molecular complexity index is 249. The van der Waals surface area contributed by atoms with Gasteiger partial charge in [-0.2, -0.15) is 5.10 Å². The van der Waals surface area contributed by atoms with Crippen LogP contribution in [0.4, 0.5) is 0 Å². The molecule has 0 fully saturated rings. The first-order chi connectivity index (χ1) is 5.24. The summed E-state index contributed by atoms with van der Waals surface area (Å²) in [4.78, 5) is 9.91. The van der Waals surface area contributed by atoms with Crippen molar-refractivity contribution in [1.29, 1.82) is 0 Å². The third-order valence-corrected chi connectivity index (χ3v) is 1.13. The average Bonchev–Trinajstić information content (AvgIpc) is 2.37. The molecule has 7 heteroatoms. The Hall–Kier alpha value is -1.07. The van der Waals surface area contributed by atoms with Crippen LogP contribution in [0.2, 0.25) is 0 Å². The van der Waals surface area contributed by atoms with Gasteiger partial charge in [0.15, 0.2) is 0 Å². The van der Waals surface area contributed by atoms with Gasteiger partial charge in [-0.15, -0.1) is 0 Å². The van der Waals surface area contributed by atoms with Crippen LogP contribution in [0.15, 0.2) is 12.4 Å². The molecule has 0 unspecified atom stereocenters. The number of hydrogen-bond acceptors (Lipinski definition) is 4. The molecule has 0 aliphatic carbocycles. The molecule has 1 rings (SSSR count). The third-order valence-electron chi connectivity index (χ3n) is 1.13. The molecular formula is C4H5B2N2O3. The summed E-state index contributed by atoms with van der Waals surface area (Å²) in [6, 6.07) is 0. The normalized spacial score (nSPS) is 9.27. The second-order valence-corrected chi connectivity index (χ2v) is 1.91. The molecule has 0 amide bonds. The average molecular weight is 151 g/mol. The van der Waals surface area contributed by atoms with E-state index in [0.717, 1.165) is 7.41 Å². The van der Waals surface area contributed by atoms with Crippen LogP contribution in [-0.4, -0.2) is 40.5 Å². The van der Waals surface area contributed by atoms with E-state index in [1.807, 2.05) is 0 Å². The van der Waals surface area contributed by atoms with Crippen molar-refractivity contribution in [2.24, 2.45) is 0 Å². The zero-order chi connectivity index (χ0) is 8.27. The van der Waals surface area contributed by atoms with E-state index in [1.165, 1.54) is 17.0 Å². The fourth-order valence-corrected chi connectivity index (χ4v) is 0.630. The van der Waals surface area contributed by atoms with Crippen LogP contribution in [0.25, 0.3) is 0 Å². The molecule has 5 nitrogen and oxygen atoms in total. The first-order valence-electron chi connectivity index (χ1n) is 2.93. The summed E-state index contributed by atoms with van der Waals surface area (Å²) in [5.74, 6) is 0. The number of rotatable bonds is 3. The first-order valence-corrected chi connectivity index (χ1v) is 2.93. The summed E-state index contributed by atoms with van der Waals surface area (Å²) in [6.07, 6.45) is 3.17. The molecule has 0 bridgehead atoms. The van der Waals surface area contributed by atoms with Crippen LogP contribution in [0.5, 0.6) is 0 Å². The zero-order valence-corrected chi connectivity index (χ0v) is 5.58. The summed E-state index contributed by atoms with van der Waals surface area (Å²) in [5.41, 5.74) is 0.253. The van der Waals surface area contributed by atoms with Crippen LogP contribution in [0.1, 0.15) is 0 Å². The molecule has 0 aliphatic rings. The predicted molar refractivity (Wildman–Crippen MR) is 40.0 cm³/mol. The lowest BCUT2D eigenvalue weighted by molar-refractivity contribution is 0.426. The summed E-state index contributed by atoms with van der Waals surface area (Å²) in [7, 11) is -0.380. The van der Waals surface area contributed by atoms with Crippen molar-refractivity contribution in [3.05, 3.63) is 12.4 Å². The molecule has 1 aromatic rings. The minimum absolute atomic E-state index is 0.253. The lowest BCUT2D eigenvalue weighted by Gasteiger charge is -1.89. The molecule has 1 aromatic heterocycles. The van der Waals surface area contributed by atoms with Gasteiger partial charge in [0.25, 0.3) is 0 Å². The molecule has 0 aromatic carbocycles. The maximum absolute atomic E-state index is 9.91. The second-order valence-electron chi connectivity index (χ2n) is 1.91. The number of nitrogens with zero attached hydrogens (tertiary/aromatic N) is 2. The van der Waals surface area contributed by atoms with Gasteiger partial charge in [-0.25, -0.2) is 0 Å². The SMILES string of the molecule is O=C[B]n1cc(B(O)O)cn1. The summed E-state index contributed by atoms with van der Waals surface area (Å²) < 4.78 is 1.20. The van der Waals surface area contributed by atoms with Gasteiger partial charge >= 0.3 is 14.5 Å². The Balaban J connectivity index is 2.73. The standard InChI is InChI=1S/C4H5B2N2O3/c9-3-5-8-2-4(1-7-8)6(10)11/h1-3,10-11H. The van der Waals surface area contributed by atoms with E-state index < -0.39 is 7.12 Å². The molecular weight excluding hydrogens is 146 g/mol. The Morgan fingerprint density at radius 2 is 2.45 bits per heavy atom. The van der Waals surface area contributed by atoms with Crippen molar-refractivity contribution in [3.8, 4) is 0 Å². The Morgan fingerprint density at radius 3 is 2.91 bits per heavy atom. The highest BCUT2D eigenvalue weighted by Gasteiger charge is 2.12. The Kier molecular flexibility index (Phi) is 2.45. The van der Waals surface area contributed by atoms with E-state index in [1.54, 1.807) is 0 Å². The summed E-state index contributed by atoms with van der Waals surface area (Å²) in [5, 5.41) is 20.8. The van der Waals surface area contributed by atoms with Crippen molar-refractivity contribution < 1.29 is 14.8 Å². The predicted octanol–water partition coefficient (Wildman–Crippen LogP) is -2.78. The van der Waals surface area contributed by atoms with Gasteiger partial charge < -0.3 is 19.4 Å². The molecule has 0 atom stereocenters. The summed E-state index contributed by atoms with van der Waals surface area (Å²) in [6.45, 7) is 0. The minimum atomic E-state index is -1.54. The fraction of sp³-hybridized carbons (Fsp3) is 0. The molecule has 0 saturated carbocycles. The number of aromatic nitrogens is 2. The lowest BCUT2D eigenvalue weighted by atomic mass is 9.83. The highest BCUT2D eigenvalue weighted by molar-refractivity contribution is 6.65. The largest absolute Gasteiger partial charge is 0.491 e. The Morgan fingerprint density at radius 1 is 1.73 bits per heavy atom. The van der Waals surface area contributed by atoms with Gasteiger partial charge in [-0.05, 0) is 0 Å². The van der Waals surface area contributed by atoms with Gasteiger partial charge in [0, 0.05) is 17.9 Å². The van der Waals surface area contributed by atoms with Crippen LogP contribution in [0.3, 0.4) is 0 Å².